The van der Waals surface area contributed by atoms with E-state index >= 15 is 0 Å². The lowest BCUT2D eigenvalue weighted by molar-refractivity contribution is -0.139. The molecule has 8 heteroatoms. The largest absolute Gasteiger partial charge is 0.490 e. The number of carbonyl (C=O) groups excluding carboxylic acids is 2. The lowest BCUT2D eigenvalue weighted by atomic mass is 9.93. The number of amides is 1. The molecule has 1 fully saturated rings. The molecule has 166 valence electrons. The summed E-state index contributed by atoms with van der Waals surface area (Å²) in [6.45, 7) is 10.4. The van der Waals surface area contributed by atoms with Gasteiger partial charge in [-0.05, 0) is 38.0 Å². The molecular weight excluding hydrogens is 416 g/mol. The van der Waals surface area contributed by atoms with Gasteiger partial charge in [-0.1, -0.05) is 37.4 Å². The number of hydrogen-bond donors (Lipinski definition) is 0. The summed E-state index contributed by atoms with van der Waals surface area (Å²) in [7, 11) is 0. The lowest BCUT2D eigenvalue weighted by Crippen LogP contribution is -2.45. The molecule has 0 bridgehead atoms. The molecule has 1 amide bonds. The Balaban J connectivity index is 2.10. The first-order valence-corrected chi connectivity index (χ1v) is 11.4. The number of rotatable bonds is 9. The van der Waals surface area contributed by atoms with Gasteiger partial charge in [0.25, 0.3) is 0 Å². The van der Waals surface area contributed by atoms with E-state index in [0.717, 1.165) is 12.0 Å². The van der Waals surface area contributed by atoms with Gasteiger partial charge >= 0.3 is 5.97 Å². The molecule has 0 spiro atoms. The van der Waals surface area contributed by atoms with Crippen molar-refractivity contribution in [3.05, 3.63) is 47.7 Å². The van der Waals surface area contributed by atoms with Crippen LogP contribution in [0, 0.1) is 0 Å². The Morgan fingerprint density at radius 1 is 1.32 bits per heavy atom. The molecule has 31 heavy (non-hydrogen) atoms. The molecule has 7 nitrogen and oxygen atoms in total. The molecule has 0 N–H and O–H groups in total. The molecule has 2 aliphatic rings. The number of allylic oxidation sites excluding steroid dienone is 1. The SMILES string of the molecule is C=CCOC(=O)C1=C(C)N=C2SCCC(=O)N2C1c1ccc(OCCC)c(OCC)c1. The number of fused-ring (bicyclic) bond motifs is 1. The van der Waals surface area contributed by atoms with E-state index in [4.69, 9.17) is 14.2 Å². The Labute approximate surface area is 187 Å². The van der Waals surface area contributed by atoms with Gasteiger partial charge in [-0.15, -0.1) is 0 Å². The van der Waals surface area contributed by atoms with Crippen molar-refractivity contribution in [1.82, 2.24) is 4.90 Å². The third-order valence-corrected chi connectivity index (χ3v) is 5.76. The molecule has 0 saturated carbocycles. The van der Waals surface area contributed by atoms with Crippen molar-refractivity contribution in [2.45, 2.75) is 39.7 Å². The number of thioether (sulfide) groups is 1. The third-order valence-electron chi connectivity index (χ3n) is 4.80. The maximum Gasteiger partial charge on any atom is 0.338 e. The van der Waals surface area contributed by atoms with Gasteiger partial charge in [0.1, 0.15) is 6.61 Å². The average molecular weight is 445 g/mol. The molecule has 1 atom stereocenters. The number of nitrogens with zero attached hydrogens (tertiary/aromatic N) is 2. The van der Waals surface area contributed by atoms with Crippen molar-refractivity contribution in [2.24, 2.45) is 4.99 Å². The van der Waals surface area contributed by atoms with Gasteiger partial charge in [0.2, 0.25) is 5.91 Å². The zero-order valence-electron chi connectivity index (χ0n) is 18.2. The number of benzene rings is 1. The summed E-state index contributed by atoms with van der Waals surface area (Å²) in [6, 6.07) is 4.87. The number of esters is 1. The monoisotopic (exact) mass is 444 g/mol. The summed E-state index contributed by atoms with van der Waals surface area (Å²) in [6.07, 6.45) is 2.76. The number of carbonyl (C=O) groups is 2. The number of hydrogen-bond acceptors (Lipinski definition) is 7. The van der Waals surface area contributed by atoms with E-state index in [9.17, 15) is 9.59 Å². The fraction of sp³-hybridized carbons (Fsp3) is 0.435. The normalized spacial score (nSPS) is 18.3. The highest BCUT2D eigenvalue weighted by atomic mass is 32.2. The first-order valence-electron chi connectivity index (χ1n) is 10.4. The van der Waals surface area contributed by atoms with Crippen LogP contribution in [0.1, 0.15) is 45.2 Å². The zero-order valence-corrected chi connectivity index (χ0v) is 19.0. The van der Waals surface area contributed by atoms with Crippen molar-refractivity contribution in [1.29, 1.82) is 0 Å². The molecule has 2 aliphatic heterocycles. The van der Waals surface area contributed by atoms with Crippen molar-refractivity contribution >= 4 is 28.8 Å². The number of aliphatic imine (C=N–C) groups is 1. The molecule has 0 aromatic heterocycles. The van der Waals surface area contributed by atoms with Crippen molar-refractivity contribution in [3.8, 4) is 11.5 Å². The van der Waals surface area contributed by atoms with Crippen LogP contribution in [0.25, 0.3) is 0 Å². The van der Waals surface area contributed by atoms with Gasteiger partial charge in [0, 0.05) is 12.2 Å². The van der Waals surface area contributed by atoms with E-state index in [0.29, 0.717) is 53.3 Å². The number of ether oxygens (including phenoxy) is 3. The highest BCUT2D eigenvalue weighted by molar-refractivity contribution is 8.14. The van der Waals surface area contributed by atoms with E-state index in [-0.39, 0.29) is 12.5 Å². The van der Waals surface area contributed by atoms with Crippen LogP contribution in [0.2, 0.25) is 0 Å². The fourth-order valence-electron chi connectivity index (χ4n) is 3.48. The van der Waals surface area contributed by atoms with E-state index in [2.05, 4.69) is 11.6 Å². The Kier molecular flexibility index (Phi) is 7.79. The highest BCUT2D eigenvalue weighted by Gasteiger charge is 2.42. The van der Waals surface area contributed by atoms with Gasteiger partial charge in [-0.25, -0.2) is 9.79 Å². The fourth-order valence-corrected chi connectivity index (χ4v) is 4.49. The third kappa shape index (κ3) is 4.95. The van der Waals surface area contributed by atoms with Crippen LogP contribution in [-0.4, -0.2) is 47.5 Å². The predicted molar refractivity (Wildman–Crippen MR) is 121 cm³/mol. The molecule has 3 rings (SSSR count). The van der Waals surface area contributed by atoms with Crippen LogP contribution < -0.4 is 9.47 Å². The Morgan fingerprint density at radius 2 is 2.13 bits per heavy atom. The minimum atomic E-state index is -0.649. The van der Waals surface area contributed by atoms with Crippen LogP contribution >= 0.6 is 11.8 Å². The van der Waals surface area contributed by atoms with Gasteiger partial charge in [0.05, 0.1) is 30.5 Å². The second-order valence-electron chi connectivity index (χ2n) is 7.03. The van der Waals surface area contributed by atoms with Crippen LogP contribution in [-0.2, 0) is 14.3 Å². The smallest absolute Gasteiger partial charge is 0.338 e. The van der Waals surface area contributed by atoms with E-state index in [1.807, 2.05) is 32.0 Å². The Morgan fingerprint density at radius 3 is 2.84 bits per heavy atom. The predicted octanol–water partition coefficient (Wildman–Crippen LogP) is 4.25. The number of amidine groups is 1. The summed E-state index contributed by atoms with van der Waals surface area (Å²) >= 11 is 1.51. The van der Waals surface area contributed by atoms with Crippen LogP contribution in [0.4, 0.5) is 0 Å². The average Bonchev–Trinajstić information content (AvgIpc) is 2.76. The molecule has 1 saturated heterocycles. The van der Waals surface area contributed by atoms with E-state index in [1.54, 1.807) is 11.8 Å². The van der Waals surface area contributed by atoms with E-state index < -0.39 is 12.0 Å². The van der Waals surface area contributed by atoms with E-state index in [1.165, 1.54) is 17.8 Å². The molecule has 0 radical (unpaired) electrons. The maximum atomic E-state index is 13.0. The highest BCUT2D eigenvalue weighted by Crippen LogP contribution is 2.42. The molecule has 0 aliphatic carbocycles. The lowest BCUT2D eigenvalue weighted by Gasteiger charge is -2.39. The Hall–Kier alpha value is -2.74. The maximum absolute atomic E-state index is 13.0. The van der Waals surface area contributed by atoms with Crippen molar-refractivity contribution < 1.29 is 23.8 Å². The zero-order chi connectivity index (χ0) is 22.4. The standard InChI is InChI=1S/C23H28N2O5S/c1-5-11-29-17-9-8-16(14-18(17)28-7-3)21-20(22(27)30-12-6-2)15(4)24-23-25(21)19(26)10-13-31-23/h6,8-9,14,21H,2,5,7,10-13H2,1,3-4H3. The first kappa shape index (κ1) is 22.9. The molecule has 1 aromatic rings. The summed E-state index contributed by atoms with van der Waals surface area (Å²) in [4.78, 5) is 32.0. The van der Waals surface area contributed by atoms with Crippen molar-refractivity contribution in [2.75, 3.05) is 25.6 Å². The summed E-state index contributed by atoms with van der Waals surface area (Å²) in [5.41, 5.74) is 1.61. The quantitative estimate of drug-likeness (QED) is 0.419. The second-order valence-corrected chi connectivity index (χ2v) is 8.10. The van der Waals surface area contributed by atoms with Gasteiger partial charge in [-0.3, -0.25) is 9.69 Å². The summed E-state index contributed by atoms with van der Waals surface area (Å²) < 4.78 is 17.0. The summed E-state index contributed by atoms with van der Waals surface area (Å²) in [5.74, 6) is 1.28. The minimum Gasteiger partial charge on any atom is -0.490 e. The van der Waals surface area contributed by atoms with Gasteiger partial charge in [-0.2, -0.15) is 0 Å². The topological polar surface area (TPSA) is 77.4 Å². The Bertz CT molecular complexity index is 925. The van der Waals surface area contributed by atoms with Crippen LogP contribution in [0.15, 0.2) is 47.1 Å². The second kappa shape index (κ2) is 10.5. The molecule has 2 heterocycles. The molecule has 1 aromatic carbocycles. The molecule has 1 unspecified atom stereocenters. The van der Waals surface area contributed by atoms with Crippen molar-refractivity contribution in [3.63, 3.8) is 0 Å². The van der Waals surface area contributed by atoms with Gasteiger partial charge in [0.15, 0.2) is 16.7 Å². The van der Waals surface area contributed by atoms with Crippen LogP contribution in [0.5, 0.6) is 11.5 Å². The van der Waals surface area contributed by atoms with Gasteiger partial charge < -0.3 is 14.2 Å². The van der Waals surface area contributed by atoms with Crippen LogP contribution in [0.3, 0.4) is 0 Å². The first-order chi connectivity index (χ1) is 15.0. The minimum absolute atomic E-state index is 0.0757. The molecular formula is C23H28N2O5S. The summed E-state index contributed by atoms with van der Waals surface area (Å²) in [5, 5.41) is 0.600.